The number of hydrogen-bond acceptors (Lipinski definition) is 5. The van der Waals surface area contributed by atoms with Crippen LogP contribution >= 0.6 is 0 Å². The summed E-state index contributed by atoms with van der Waals surface area (Å²) in [5.74, 6) is -0.382. The summed E-state index contributed by atoms with van der Waals surface area (Å²) in [7, 11) is 1.71. The topological polar surface area (TPSA) is 89.4 Å². The van der Waals surface area contributed by atoms with E-state index in [1.54, 1.807) is 29.0 Å². The number of nitrogens with zero attached hydrogens (tertiary/aromatic N) is 4. The molecule has 1 N–H and O–H groups in total. The van der Waals surface area contributed by atoms with Gasteiger partial charge in [-0.2, -0.15) is 0 Å². The van der Waals surface area contributed by atoms with Crippen molar-refractivity contribution in [2.24, 2.45) is 0 Å². The van der Waals surface area contributed by atoms with Gasteiger partial charge in [-0.25, -0.2) is 0 Å². The van der Waals surface area contributed by atoms with E-state index in [2.05, 4.69) is 15.6 Å². The third-order valence-electron chi connectivity index (χ3n) is 4.36. The minimum Gasteiger partial charge on any atom is -0.356 e. The number of morpholine rings is 1. The van der Waals surface area contributed by atoms with E-state index in [4.69, 9.17) is 4.74 Å². The molecular weight excluding hydrogens is 322 g/mol. The zero-order chi connectivity index (χ0) is 17.8. The van der Waals surface area contributed by atoms with Crippen LogP contribution in [0, 0.1) is 6.92 Å². The van der Waals surface area contributed by atoms with Gasteiger partial charge in [0.15, 0.2) is 6.10 Å². The smallest absolute Gasteiger partial charge is 0.251 e. The minimum absolute atomic E-state index is 0.0972. The van der Waals surface area contributed by atoms with Crippen molar-refractivity contribution in [1.29, 1.82) is 0 Å². The van der Waals surface area contributed by atoms with Crippen LogP contribution in [0.1, 0.15) is 17.2 Å². The molecule has 2 aromatic rings. The summed E-state index contributed by atoms with van der Waals surface area (Å²) in [6, 6.07) is 7.26. The molecule has 1 aliphatic heterocycles. The van der Waals surface area contributed by atoms with E-state index in [0.717, 1.165) is 11.1 Å². The lowest BCUT2D eigenvalue weighted by molar-refractivity contribution is -0.162. The van der Waals surface area contributed by atoms with Crippen molar-refractivity contribution in [3.8, 4) is 0 Å². The Morgan fingerprint density at radius 3 is 2.92 bits per heavy atom. The predicted molar refractivity (Wildman–Crippen MR) is 89.5 cm³/mol. The number of aromatic nitrogens is 3. The predicted octanol–water partition coefficient (Wildman–Crippen LogP) is 0.301. The van der Waals surface area contributed by atoms with Gasteiger partial charge in [0, 0.05) is 19.8 Å². The second-order valence-corrected chi connectivity index (χ2v) is 5.99. The Morgan fingerprint density at radius 2 is 2.20 bits per heavy atom. The van der Waals surface area contributed by atoms with Gasteiger partial charge in [0.2, 0.25) is 5.91 Å². The van der Waals surface area contributed by atoms with Crippen LogP contribution in [0.4, 0.5) is 0 Å². The van der Waals surface area contributed by atoms with Gasteiger partial charge in [-0.05, 0) is 18.1 Å². The summed E-state index contributed by atoms with van der Waals surface area (Å²) >= 11 is 0. The van der Waals surface area contributed by atoms with Crippen LogP contribution in [0.3, 0.4) is 0 Å². The molecule has 1 fully saturated rings. The largest absolute Gasteiger partial charge is 0.356 e. The first-order valence-corrected chi connectivity index (χ1v) is 8.12. The quantitative estimate of drug-likeness (QED) is 0.843. The summed E-state index contributed by atoms with van der Waals surface area (Å²) in [4.78, 5) is 26.3. The van der Waals surface area contributed by atoms with Crippen molar-refractivity contribution in [2.75, 3.05) is 20.2 Å². The van der Waals surface area contributed by atoms with E-state index in [1.165, 1.54) is 0 Å². The number of amides is 2. The maximum atomic E-state index is 12.7. The van der Waals surface area contributed by atoms with Gasteiger partial charge >= 0.3 is 0 Å². The van der Waals surface area contributed by atoms with Gasteiger partial charge in [0.25, 0.3) is 5.91 Å². The van der Waals surface area contributed by atoms with Crippen molar-refractivity contribution in [1.82, 2.24) is 25.2 Å². The van der Waals surface area contributed by atoms with Crippen molar-refractivity contribution in [3.05, 3.63) is 47.8 Å². The van der Waals surface area contributed by atoms with Gasteiger partial charge in [-0.1, -0.05) is 29.5 Å². The molecule has 25 heavy (non-hydrogen) atoms. The van der Waals surface area contributed by atoms with Crippen LogP contribution < -0.4 is 5.32 Å². The molecule has 0 aliphatic carbocycles. The number of ether oxygens (including phenoxy) is 1. The SMILES string of the molecule is Cc1ccccc1[C@@H]1[C@@H](C(=O)NCCn2ccnn2)OCC(=O)N1C. The molecule has 132 valence electrons. The summed E-state index contributed by atoms with van der Waals surface area (Å²) in [6.07, 6.45) is 2.56. The summed E-state index contributed by atoms with van der Waals surface area (Å²) < 4.78 is 7.23. The molecule has 8 heteroatoms. The van der Waals surface area contributed by atoms with E-state index in [-0.39, 0.29) is 18.4 Å². The fourth-order valence-corrected chi connectivity index (χ4v) is 2.97. The number of carbonyl (C=O) groups excluding carboxylic acids is 2. The number of benzene rings is 1. The van der Waals surface area contributed by atoms with Crippen LogP contribution in [-0.4, -0.2) is 58.0 Å². The van der Waals surface area contributed by atoms with E-state index >= 15 is 0 Å². The highest BCUT2D eigenvalue weighted by atomic mass is 16.5. The minimum atomic E-state index is -0.750. The number of hydrogen-bond donors (Lipinski definition) is 1. The monoisotopic (exact) mass is 343 g/mol. The molecule has 3 rings (SSSR count). The van der Waals surface area contributed by atoms with E-state index in [9.17, 15) is 9.59 Å². The third kappa shape index (κ3) is 3.69. The maximum absolute atomic E-state index is 12.7. The average Bonchev–Trinajstić information content (AvgIpc) is 3.11. The Morgan fingerprint density at radius 1 is 1.40 bits per heavy atom. The van der Waals surface area contributed by atoms with E-state index < -0.39 is 12.1 Å². The van der Waals surface area contributed by atoms with Crippen LogP contribution in [-0.2, 0) is 20.9 Å². The third-order valence-corrected chi connectivity index (χ3v) is 4.36. The molecule has 0 saturated carbocycles. The van der Waals surface area contributed by atoms with Gasteiger partial charge in [-0.15, -0.1) is 5.10 Å². The molecule has 2 atom stereocenters. The van der Waals surface area contributed by atoms with Gasteiger partial charge < -0.3 is 15.0 Å². The maximum Gasteiger partial charge on any atom is 0.251 e. The van der Waals surface area contributed by atoms with Crippen molar-refractivity contribution in [2.45, 2.75) is 25.6 Å². The summed E-state index contributed by atoms with van der Waals surface area (Å²) in [5.41, 5.74) is 1.92. The molecule has 1 saturated heterocycles. The van der Waals surface area contributed by atoms with Gasteiger partial charge in [-0.3, -0.25) is 14.3 Å². The normalized spacial score (nSPS) is 20.6. The van der Waals surface area contributed by atoms with E-state index in [1.807, 2.05) is 31.2 Å². The van der Waals surface area contributed by atoms with Crippen LogP contribution in [0.2, 0.25) is 0 Å². The second kappa shape index (κ2) is 7.43. The van der Waals surface area contributed by atoms with Crippen LogP contribution in [0.15, 0.2) is 36.7 Å². The standard InChI is InChI=1S/C17H21N5O3/c1-12-5-3-4-6-13(12)15-16(25-11-14(23)21(15)2)17(24)18-7-9-22-10-8-19-20-22/h3-6,8,10,15-16H,7,9,11H2,1-2H3,(H,18,24)/t15-,16+/m1/s1. The van der Waals surface area contributed by atoms with Crippen LogP contribution in [0.5, 0.6) is 0 Å². The molecule has 1 aromatic carbocycles. The first kappa shape index (κ1) is 17.1. The molecule has 2 heterocycles. The Labute approximate surface area is 145 Å². The molecular formula is C17H21N5O3. The lowest BCUT2D eigenvalue weighted by Gasteiger charge is -2.38. The lowest BCUT2D eigenvalue weighted by Crippen LogP contribution is -2.53. The fraction of sp³-hybridized carbons (Fsp3) is 0.412. The van der Waals surface area contributed by atoms with Crippen molar-refractivity contribution >= 4 is 11.8 Å². The molecule has 1 aliphatic rings. The molecule has 1 aromatic heterocycles. The Bertz CT molecular complexity index is 747. The highest BCUT2D eigenvalue weighted by Crippen LogP contribution is 2.31. The Hall–Kier alpha value is -2.74. The molecule has 8 nitrogen and oxygen atoms in total. The van der Waals surface area contributed by atoms with Crippen molar-refractivity contribution in [3.63, 3.8) is 0 Å². The first-order valence-electron chi connectivity index (χ1n) is 8.12. The zero-order valence-electron chi connectivity index (χ0n) is 14.3. The molecule has 0 unspecified atom stereocenters. The van der Waals surface area contributed by atoms with Gasteiger partial charge in [0.05, 0.1) is 18.8 Å². The zero-order valence-corrected chi connectivity index (χ0v) is 14.3. The molecule has 2 amide bonds. The molecule has 0 radical (unpaired) electrons. The number of likely N-dealkylation sites (N-methyl/N-ethyl adjacent to an activating group) is 1. The Kier molecular flexibility index (Phi) is 5.08. The Balaban J connectivity index is 1.74. The second-order valence-electron chi connectivity index (χ2n) is 5.99. The highest BCUT2D eigenvalue weighted by molar-refractivity contribution is 5.86. The number of aryl methyl sites for hydroxylation is 1. The highest BCUT2D eigenvalue weighted by Gasteiger charge is 2.40. The van der Waals surface area contributed by atoms with Gasteiger partial charge in [0.1, 0.15) is 6.61 Å². The number of nitrogens with one attached hydrogen (secondary N) is 1. The summed E-state index contributed by atoms with van der Waals surface area (Å²) in [6.45, 7) is 2.78. The van der Waals surface area contributed by atoms with Crippen LogP contribution in [0.25, 0.3) is 0 Å². The van der Waals surface area contributed by atoms with E-state index in [0.29, 0.717) is 13.1 Å². The molecule has 0 spiro atoms. The fourth-order valence-electron chi connectivity index (χ4n) is 2.97. The lowest BCUT2D eigenvalue weighted by atomic mass is 9.94. The molecule has 0 bridgehead atoms. The summed E-state index contributed by atoms with van der Waals surface area (Å²) in [5, 5.41) is 10.4. The first-order chi connectivity index (χ1) is 12.1. The average molecular weight is 343 g/mol. The number of carbonyl (C=O) groups is 2. The van der Waals surface area contributed by atoms with Crippen molar-refractivity contribution < 1.29 is 14.3 Å². The number of rotatable bonds is 5.